The molecular formula is C20H20ClFN2O3. The molecule has 0 radical (unpaired) electrons. The van der Waals surface area contributed by atoms with E-state index >= 15 is 0 Å². The Morgan fingerprint density at radius 2 is 1.85 bits per heavy atom. The summed E-state index contributed by atoms with van der Waals surface area (Å²) in [4.78, 5) is 16.7. The number of halogens is 2. The van der Waals surface area contributed by atoms with Crippen LogP contribution >= 0.6 is 11.6 Å². The molecule has 0 bridgehead atoms. The van der Waals surface area contributed by atoms with Gasteiger partial charge in [0, 0.05) is 38.3 Å². The molecule has 0 N–H and O–H groups in total. The third-order valence-electron chi connectivity index (χ3n) is 4.86. The van der Waals surface area contributed by atoms with Crippen LogP contribution in [0.5, 0.6) is 11.5 Å². The molecule has 2 aromatic carbocycles. The summed E-state index contributed by atoms with van der Waals surface area (Å²) in [6, 6.07) is 9.81. The van der Waals surface area contributed by atoms with Gasteiger partial charge >= 0.3 is 0 Å². The van der Waals surface area contributed by atoms with Crippen molar-refractivity contribution >= 4 is 17.5 Å². The van der Waals surface area contributed by atoms with Gasteiger partial charge in [0.2, 0.25) is 0 Å². The second kappa shape index (κ2) is 7.74. The van der Waals surface area contributed by atoms with Crippen LogP contribution in [-0.2, 0) is 6.54 Å². The monoisotopic (exact) mass is 390 g/mol. The number of carbonyl (C=O) groups excluding carboxylic acids is 1. The lowest BCUT2D eigenvalue weighted by molar-refractivity contribution is 0.0626. The van der Waals surface area contributed by atoms with E-state index < -0.39 is 5.82 Å². The third kappa shape index (κ3) is 3.87. The summed E-state index contributed by atoms with van der Waals surface area (Å²) >= 11 is 6.02. The highest BCUT2D eigenvalue weighted by Gasteiger charge is 2.25. The summed E-state index contributed by atoms with van der Waals surface area (Å²) in [5.74, 6) is 1.01. The van der Waals surface area contributed by atoms with E-state index in [1.807, 2.05) is 18.2 Å². The lowest BCUT2D eigenvalue weighted by atomic mass is 10.1. The number of nitrogens with zero attached hydrogens (tertiary/aromatic N) is 2. The summed E-state index contributed by atoms with van der Waals surface area (Å²) in [5.41, 5.74) is 1.43. The summed E-state index contributed by atoms with van der Waals surface area (Å²) in [6.07, 6.45) is 0. The van der Waals surface area contributed by atoms with Crippen molar-refractivity contribution in [3.8, 4) is 11.5 Å². The van der Waals surface area contributed by atoms with E-state index in [0.29, 0.717) is 31.9 Å². The second-order valence-corrected chi connectivity index (χ2v) is 7.04. The first-order valence-electron chi connectivity index (χ1n) is 8.96. The summed E-state index contributed by atoms with van der Waals surface area (Å²) < 4.78 is 24.6. The molecule has 4 rings (SSSR count). The number of carbonyl (C=O) groups is 1. The number of hydrogen-bond donors (Lipinski definition) is 0. The molecule has 1 saturated heterocycles. The third-order valence-corrected chi connectivity index (χ3v) is 5.18. The van der Waals surface area contributed by atoms with Crippen molar-refractivity contribution in [3.63, 3.8) is 0 Å². The molecular weight excluding hydrogens is 371 g/mol. The Hall–Kier alpha value is -2.31. The Kier molecular flexibility index (Phi) is 5.18. The number of para-hydroxylation sites is 1. The maximum Gasteiger partial charge on any atom is 0.255 e. The van der Waals surface area contributed by atoms with Crippen LogP contribution in [-0.4, -0.2) is 55.1 Å². The average molecular weight is 391 g/mol. The van der Waals surface area contributed by atoms with Crippen LogP contribution in [0.3, 0.4) is 0 Å². The first kappa shape index (κ1) is 18.1. The number of piperazine rings is 1. The Bertz CT molecular complexity index is 853. The molecule has 1 amide bonds. The van der Waals surface area contributed by atoms with E-state index in [0.717, 1.165) is 36.7 Å². The number of amides is 1. The van der Waals surface area contributed by atoms with E-state index in [1.54, 1.807) is 4.90 Å². The highest BCUT2D eigenvalue weighted by atomic mass is 35.5. The van der Waals surface area contributed by atoms with Gasteiger partial charge in [0.05, 0.1) is 10.6 Å². The molecule has 2 aliphatic rings. The Labute approximate surface area is 162 Å². The van der Waals surface area contributed by atoms with Crippen LogP contribution in [0.15, 0.2) is 36.4 Å². The molecule has 0 aliphatic carbocycles. The topological polar surface area (TPSA) is 42.0 Å². The summed E-state index contributed by atoms with van der Waals surface area (Å²) in [5, 5.41) is 0.149. The van der Waals surface area contributed by atoms with Crippen molar-refractivity contribution in [2.45, 2.75) is 6.54 Å². The summed E-state index contributed by atoms with van der Waals surface area (Å²) in [6.45, 7) is 4.56. The number of benzene rings is 2. The number of ether oxygens (including phenoxy) is 2. The molecule has 142 valence electrons. The predicted molar refractivity (Wildman–Crippen MR) is 100 cm³/mol. The molecule has 2 aromatic rings. The summed E-state index contributed by atoms with van der Waals surface area (Å²) in [7, 11) is 0. The quantitative estimate of drug-likeness (QED) is 0.807. The lowest BCUT2D eigenvalue weighted by Gasteiger charge is -2.35. The van der Waals surface area contributed by atoms with Crippen molar-refractivity contribution in [3.05, 3.63) is 58.4 Å². The van der Waals surface area contributed by atoms with E-state index in [1.165, 1.54) is 18.2 Å². The largest absolute Gasteiger partial charge is 0.486 e. The van der Waals surface area contributed by atoms with Gasteiger partial charge in [-0.3, -0.25) is 9.69 Å². The first-order chi connectivity index (χ1) is 13.1. The van der Waals surface area contributed by atoms with E-state index in [9.17, 15) is 9.18 Å². The molecule has 0 spiro atoms. The lowest BCUT2D eigenvalue weighted by Crippen LogP contribution is -2.48. The maximum absolute atomic E-state index is 13.2. The van der Waals surface area contributed by atoms with Gasteiger partial charge < -0.3 is 14.4 Å². The number of fused-ring (bicyclic) bond motifs is 1. The first-order valence-corrected chi connectivity index (χ1v) is 9.34. The SMILES string of the molecule is O=C(c1ccc(F)cc1Cl)N1CCN(Cc2cccc3c2OCCO3)CC1. The van der Waals surface area contributed by atoms with Crippen LogP contribution in [0, 0.1) is 5.82 Å². The molecule has 2 heterocycles. The Balaban J connectivity index is 1.39. The van der Waals surface area contributed by atoms with Crippen LogP contribution in [0.4, 0.5) is 4.39 Å². The average Bonchev–Trinajstić information content (AvgIpc) is 2.68. The normalized spacial score (nSPS) is 17.0. The highest BCUT2D eigenvalue weighted by Crippen LogP contribution is 2.34. The van der Waals surface area contributed by atoms with E-state index in [2.05, 4.69) is 4.90 Å². The highest BCUT2D eigenvalue weighted by molar-refractivity contribution is 6.33. The zero-order chi connectivity index (χ0) is 18.8. The molecule has 27 heavy (non-hydrogen) atoms. The minimum atomic E-state index is -0.446. The zero-order valence-corrected chi connectivity index (χ0v) is 15.5. The molecule has 0 unspecified atom stereocenters. The smallest absolute Gasteiger partial charge is 0.255 e. The van der Waals surface area contributed by atoms with Gasteiger partial charge in [-0.05, 0) is 24.3 Å². The van der Waals surface area contributed by atoms with Crippen molar-refractivity contribution in [2.75, 3.05) is 39.4 Å². The number of rotatable bonds is 3. The van der Waals surface area contributed by atoms with Crippen molar-refractivity contribution in [1.82, 2.24) is 9.80 Å². The van der Waals surface area contributed by atoms with Gasteiger partial charge in [-0.1, -0.05) is 23.7 Å². The second-order valence-electron chi connectivity index (χ2n) is 6.63. The van der Waals surface area contributed by atoms with Crippen LogP contribution in [0.1, 0.15) is 15.9 Å². The molecule has 1 fully saturated rings. The van der Waals surface area contributed by atoms with Gasteiger partial charge in [-0.15, -0.1) is 0 Å². The maximum atomic E-state index is 13.2. The van der Waals surface area contributed by atoms with Crippen LogP contribution < -0.4 is 9.47 Å². The fraction of sp³-hybridized carbons (Fsp3) is 0.350. The number of hydrogen-bond acceptors (Lipinski definition) is 4. The van der Waals surface area contributed by atoms with Crippen LogP contribution in [0.25, 0.3) is 0 Å². The van der Waals surface area contributed by atoms with E-state index in [-0.39, 0.29) is 10.9 Å². The standard InChI is InChI=1S/C20H20ClFN2O3/c21-17-12-15(22)4-5-16(17)20(25)24-8-6-23(7-9-24)13-14-2-1-3-18-19(14)27-11-10-26-18/h1-5,12H,6-11,13H2. The van der Waals surface area contributed by atoms with Crippen LogP contribution in [0.2, 0.25) is 5.02 Å². The minimum Gasteiger partial charge on any atom is -0.486 e. The van der Waals surface area contributed by atoms with Gasteiger partial charge in [0.1, 0.15) is 19.0 Å². The van der Waals surface area contributed by atoms with E-state index in [4.69, 9.17) is 21.1 Å². The van der Waals surface area contributed by atoms with Gasteiger partial charge in [0.25, 0.3) is 5.91 Å². The fourth-order valence-corrected chi connectivity index (χ4v) is 3.69. The van der Waals surface area contributed by atoms with Gasteiger partial charge in [0.15, 0.2) is 11.5 Å². The molecule has 7 heteroatoms. The van der Waals surface area contributed by atoms with Gasteiger partial charge in [-0.25, -0.2) is 4.39 Å². The zero-order valence-electron chi connectivity index (χ0n) is 14.8. The fourth-order valence-electron chi connectivity index (χ4n) is 3.44. The van der Waals surface area contributed by atoms with Crippen molar-refractivity contribution < 1.29 is 18.7 Å². The molecule has 0 saturated carbocycles. The predicted octanol–water partition coefficient (Wildman–Crippen LogP) is 3.21. The molecule has 0 aromatic heterocycles. The van der Waals surface area contributed by atoms with Gasteiger partial charge in [-0.2, -0.15) is 0 Å². The Morgan fingerprint density at radius 3 is 2.63 bits per heavy atom. The van der Waals surface area contributed by atoms with Crippen molar-refractivity contribution in [2.24, 2.45) is 0 Å². The molecule has 5 nitrogen and oxygen atoms in total. The molecule has 0 atom stereocenters. The van der Waals surface area contributed by atoms with Crippen molar-refractivity contribution in [1.29, 1.82) is 0 Å². The minimum absolute atomic E-state index is 0.149. The molecule has 2 aliphatic heterocycles. The Morgan fingerprint density at radius 1 is 1.07 bits per heavy atom.